The number of sulfonamides is 1. The minimum absolute atomic E-state index is 0.0814. The number of nitriles is 1. The topological polar surface area (TPSA) is 77.3 Å². The second-order valence-corrected chi connectivity index (χ2v) is 7.62. The Bertz CT molecular complexity index is 894. The van der Waals surface area contributed by atoms with E-state index in [1.54, 1.807) is 18.3 Å². The lowest BCUT2D eigenvalue weighted by molar-refractivity contribution is 0.433. The largest absolute Gasteiger partial charge is 0.354 e. The van der Waals surface area contributed by atoms with Crippen molar-refractivity contribution in [1.29, 1.82) is 5.26 Å². The summed E-state index contributed by atoms with van der Waals surface area (Å²) in [7, 11) is -3.67. The first-order valence-corrected chi connectivity index (χ1v) is 9.32. The second-order valence-electron chi connectivity index (χ2n) is 5.68. The van der Waals surface area contributed by atoms with Gasteiger partial charge in [-0.1, -0.05) is 0 Å². The van der Waals surface area contributed by atoms with Gasteiger partial charge in [-0.15, -0.1) is 0 Å². The highest BCUT2D eigenvalue weighted by Gasteiger charge is 2.27. The number of pyridine rings is 1. The number of rotatable bonds is 3. The number of hydrogen-bond donors (Lipinski definition) is 0. The Balaban J connectivity index is 1.80. The molecule has 1 fully saturated rings. The zero-order valence-electron chi connectivity index (χ0n) is 13.5. The first-order chi connectivity index (χ1) is 12.0. The summed E-state index contributed by atoms with van der Waals surface area (Å²) in [5, 5.41) is 9.22. The van der Waals surface area contributed by atoms with E-state index in [-0.39, 0.29) is 11.4 Å². The van der Waals surface area contributed by atoms with Crippen LogP contribution in [-0.2, 0) is 10.0 Å². The number of hydrogen-bond acceptors (Lipinski definition) is 5. The summed E-state index contributed by atoms with van der Waals surface area (Å²) in [5.74, 6) is 0.103. The Labute approximate surface area is 146 Å². The van der Waals surface area contributed by atoms with Crippen molar-refractivity contribution in [3.8, 4) is 6.07 Å². The van der Waals surface area contributed by atoms with Crippen molar-refractivity contribution in [2.45, 2.75) is 11.3 Å². The molecule has 8 heteroatoms. The Morgan fingerprint density at radius 1 is 1.08 bits per heavy atom. The molecule has 2 heterocycles. The van der Waals surface area contributed by atoms with Crippen LogP contribution < -0.4 is 4.90 Å². The molecule has 1 aromatic carbocycles. The fourth-order valence-corrected chi connectivity index (χ4v) is 4.31. The van der Waals surface area contributed by atoms with Gasteiger partial charge in [0.05, 0.1) is 10.5 Å². The zero-order valence-corrected chi connectivity index (χ0v) is 14.3. The van der Waals surface area contributed by atoms with Crippen LogP contribution in [0.3, 0.4) is 0 Å². The Hall–Kier alpha value is -2.50. The van der Waals surface area contributed by atoms with Crippen LogP contribution in [0.15, 0.2) is 47.5 Å². The van der Waals surface area contributed by atoms with E-state index in [0.717, 1.165) is 12.1 Å². The summed E-state index contributed by atoms with van der Waals surface area (Å²) in [6, 6.07) is 10.3. The lowest BCUT2D eigenvalue weighted by Gasteiger charge is -2.23. The zero-order chi connectivity index (χ0) is 17.9. The molecule has 0 unspecified atom stereocenters. The molecule has 25 heavy (non-hydrogen) atoms. The maximum atomic E-state index is 13.0. The lowest BCUT2D eigenvalue weighted by Crippen LogP contribution is -2.35. The molecular weight excluding hydrogens is 343 g/mol. The standard InChI is InChI=1S/C17H17FN4O2S/c18-15-4-6-16(7-5-15)25(23,24)22-10-2-9-21(11-12-22)17-14(13-19)3-1-8-20-17/h1,3-8H,2,9-12H2. The van der Waals surface area contributed by atoms with E-state index < -0.39 is 15.8 Å². The average molecular weight is 360 g/mol. The molecule has 6 nitrogen and oxygen atoms in total. The quantitative estimate of drug-likeness (QED) is 0.837. The molecule has 130 valence electrons. The van der Waals surface area contributed by atoms with Gasteiger partial charge < -0.3 is 4.90 Å². The van der Waals surface area contributed by atoms with Gasteiger partial charge in [-0.05, 0) is 42.8 Å². The third-order valence-electron chi connectivity index (χ3n) is 4.11. The van der Waals surface area contributed by atoms with Gasteiger partial charge in [-0.3, -0.25) is 0 Å². The number of halogens is 1. The SMILES string of the molecule is N#Cc1cccnc1N1CCCN(S(=O)(=O)c2ccc(F)cc2)CC1. The summed E-state index contributed by atoms with van der Waals surface area (Å²) < 4.78 is 39.9. The van der Waals surface area contributed by atoms with Crippen molar-refractivity contribution in [3.63, 3.8) is 0 Å². The van der Waals surface area contributed by atoms with E-state index in [1.807, 2.05) is 4.90 Å². The molecule has 1 aliphatic rings. The van der Waals surface area contributed by atoms with Gasteiger partial charge in [0.25, 0.3) is 0 Å². The molecule has 0 spiro atoms. The monoisotopic (exact) mass is 360 g/mol. The van der Waals surface area contributed by atoms with E-state index in [1.165, 1.54) is 16.4 Å². The molecule has 0 saturated carbocycles. The van der Waals surface area contributed by atoms with Crippen LogP contribution in [0.2, 0.25) is 0 Å². The number of nitrogens with zero attached hydrogens (tertiary/aromatic N) is 4. The molecule has 1 aliphatic heterocycles. The van der Waals surface area contributed by atoms with Crippen molar-refractivity contribution >= 4 is 15.8 Å². The fraction of sp³-hybridized carbons (Fsp3) is 0.294. The number of anilines is 1. The van der Waals surface area contributed by atoms with Crippen molar-refractivity contribution in [1.82, 2.24) is 9.29 Å². The van der Waals surface area contributed by atoms with Gasteiger partial charge in [-0.25, -0.2) is 17.8 Å². The number of benzene rings is 1. The molecule has 0 amide bonds. The highest BCUT2D eigenvalue weighted by atomic mass is 32.2. The highest BCUT2D eigenvalue weighted by Crippen LogP contribution is 2.22. The third-order valence-corrected chi connectivity index (χ3v) is 6.03. The van der Waals surface area contributed by atoms with Crippen molar-refractivity contribution < 1.29 is 12.8 Å². The van der Waals surface area contributed by atoms with Crippen LogP contribution in [0.4, 0.5) is 10.2 Å². The maximum absolute atomic E-state index is 13.0. The molecule has 1 aromatic heterocycles. The smallest absolute Gasteiger partial charge is 0.243 e. The molecule has 3 rings (SSSR count). The van der Waals surface area contributed by atoms with E-state index in [2.05, 4.69) is 11.1 Å². The summed E-state index contributed by atoms with van der Waals surface area (Å²) in [6.45, 7) is 1.69. The molecule has 0 aliphatic carbocycles. The summed E-state index contributed by atoms with van der Waals surface area (Å²) in [5.41, 5.74) is 0.470. The normalized spacial score (nSPS) is 16.2. The highest BCUT2D eigenvalue weighted by molar-refractivity contribution is 7.89. The van der Waals surface area contributed by atoms with Gasteiger partial charge >= 0.3 is 0 Å². The predicted octanol–water partition coefficient (Wildman–Crippen LogP) is 1.99. The molecule has 0 bridgehead atoms. The number of aromatic nitrogens is 1. The minimum Gasteiger partial charge on any atom is -0.354 e. The van der Waals surface area contributed by atoms with Gasteiger partial charge in [-0.2, -0.15) is 9.57 Å². The average Bonchev–Trinajstić information content (AvgIpc) is 2.88. The van der Waals surface area contributed by atoms with Crippen LogP contribution in [0.5, 0.6) is 0 Å². The van der Waals surface area contributed by atoms with Crippen LogP contribution in [0, 0.1) is 17.1 Å². The van der Waals surface area contributed by atoms with E-state index in [9.17, 15) is 18.1 Å². The fourth-order valence-electron chi connectivity index (χ4n) is 2.84. The molecule has 1 saturated heterocycles. The second kappa shape index (κ2) is 7.17. The Morgan fingerprint density at radius 3 is 2.56 bits per heavy atom. The van der Waals surface area contributed by atoms with Crippen molar-refractivity contribution in [3.05, 3.63) is 54.0 Å². The summed E-state index contributed by atoms with van der Waals surface area (Å²) in [6.07, 6.45) is 2.23. The minimum atomic E-state index is -3.67. The van der Waals surface area contributed by atoms with Crippen LogP contribution >= 0.6 is 0 Å². The van der Waals surface area contributed by atoms with Gasteiger partial charge in [0.15, 0.2) is 0 Å². The van der Waals surface area contributed by atoms with Gasteiger partial charge in [0.1, 0.15) is 17.7 Å². The molecular formula is C17H17FN4O2S. The van der Waals surface area contributed by atoms with Gasteiger partial charge in [0.2, 0.25) is 10.0 Å². The molecule has 0 atom stereocenters. The van der Waals surface area contributed by atoms with E-state index in [4.69, 9.17) is 0 Å². The summed E-state index contributed by atoms with van der Waals surface area (Å²) in [4.78, 5) is 6.27. The van der Waals surface area contributed by atoms with Crippen LogP contribution in [0.1, 0.15) is 12.0 Å². The Kier molecular flexibility index (Phi) is 4.97. The lowest BCUT2D eigenvalue weighted by atomic mass is 10.2. The van der Waals surface area contributed by atoms with Crippen LogP contribution in [0.25, 0.3) is 0 Å². The van der Waals surface area contributed by atoms with E-state index >= 15 is 0 Å². The van der Waals surface area contributed by atoms with Crippen molar-refractivity contribution in [2.24, 2.45) is 0 Å². The van der Waals surface area contributed by atoms with Gasteiger partial charge in [0, 0.05) is 32.4 Å². The molecule has 0 radical (unpaired) electrons. The van der Waals surface area contributed by atoms with Crippen molar-refractivity contribution in [2.75, 3.05) is 31.1 Å². The maximum Gasteiger partial charge on any atom is 0.243 e. The molecule has 2 aromatic rings. The van der Waals surface area contributed by atoms with Crippen LogP contribution in [-0.4, -0.2) is 43.9 Å². The predicted molar refractivity (Wildman–Crippen MR) is 90.9 cm³/mol. The summed E-state index contributed by atoms with van der Waals surface area (Å²) >= 11 is 0. The molecule has 0 N–H and O–H groups in total. The third kappa shape index (κ3) is 3.62. The first kappa shape index (κ1) is 17.3. The first-order valence-electron chi connectivity index (χ1n) is 7.88. The Morgan fingerprint density at radius 2 is 1.84 bits per heavy atom. The van der Waals surface area contributed by atoms with E-state index in [0.29, 0.717) is 37.4 Å².